The molecule has 1 aliphatic heterocycles. The van der Waals surface area contributed by atoms with Gasteiger partial charge in [0.25, 0.3) is 0 Å². The molecule has 20 heavy (non-hydrogen) atoms. The first-order chi connectivity index (χ1) is 9.54. The first kappa shape index (κ1) is 13.3. The van der Waals surface area contributed by atoms with Crippen LogP contribution in [0.15, 0.2) is 46.4 Å². The van der Waals surface area contributed by atoms with E-state index in [0.717, 1.165) is 32.3 Å². The zero-order valence-electron chi connectivity index (χ0n) is 11.1. The van der Waals surface area contributed by atoms with Gasteiger partial charge in [-0.05, 0) is 38.1 Å². The van der Waals surface area contributed by atoms with E-state index >= 15 is 0 Å². The molecule has 0 saturated carbocycles. The van der Waals surface area contributed by atoms with Gasteiger partial charge >= 0.3 is 0 Å². The molecule has 0 saturated heterocycles. The third-order valence-corrected chi connectivity index (χ3v) is 3.76. The second kappa shape index (κ2) is 5.04. The normalized spacial score (nSPS) is 22.4. The van der Waals surface area contributed by atoms with Gasteiger partial charge < -0.3 is 0 Å². The molecular weight excluding hydrogens is 291 g/mol. The minimum Gasteiger partial charge on any atom is -0.235 e. The lowest BCUT2D eigenvalue weighted by molar-refractivity contribution is 1.22. The molecule has 0 fully saturated rings. The van der Waals surface area contributed by atoms with E-state index in [-0.39, 0.29) is 0 Å². The molecule has 0 radical (unpaired) electrons. The van der Waals surface area contributed by atoms with Crippen molar-refractivity contribution in [1.29, 1.82) is 0 Å². The number of hydrogen-bond donors (Lipinski definition) is 0. The zero-order valence-corrected chi connectivity index (χ0v) is 12.6. The molecule has 0 bridgehead atoms. The van der Waals surface area contributed by atoms with Gasteiger partial charge in [0, 0.05) is 10.4 Å². The van der Waals surface area contributed by atoms with Crippen LogP contribution < -0.4 is 21.2 Å². The maximum atomic E-state index is 6.35. The van der Waals surface area contributed by atoms with Crippen LogP contribution in [0, 0.1) is 13.8 Å². The topological polar surface area (TPSA) is 24.7 Å². The fourth-order valence-electron chi connectivity index (χ4n) is 2.16. The smallest absolute Gasteiger partial charge is 0.139 e. The van der Waals surface area contributed by atoms with Gasteiger partial charge in [-0.15, -0.1) is 0 Å². The lowest BCUT2D eigenvalue weighted by Gasteiger charge is -2.02. The summed E-state index contributed by atoms with van der Waals surface area (Å²) in [4.78, 5) is 8.98. The first-order valence-electron chi connectivity index (χ1n) is 6.25. The fraction of sp³-hybridized carbons (Fsp3) is 0.125. The number of fused-ring (bicyclic) bond motifs is 2. The van der Waals surface area contributed by atoms with Crippen molar-refractivity contribution >= 4 is 33.5 Å². The highest BCUT2D eigenvalue weighted by atomic mass is 35.5. The molecule has 0 spiro atoms. The summed E-state index contributed by atoms with van der Waals surface area (Å²) in [5.74, 6) is 0. The molecule has 0 unspecified atom stereocenters. The molecule has 0 N–H and O–H groups in total. The average Bonchev–Trinajstić information content (AvgIpc) is 2.41. The minimum absolute atomic E-state index is 0.432. The van der Waals surface area contributed by atoms with Gasteiger partial charge in [0.15, 0.2) is 0 Å². The van der Waals surface area contributed by atoms with Crippen LogP contribution in [0.1, 0.15) is 11.1 Å². The molecule has 4 heteroatoms. The Morgan fingerprint density at radius 1 is 0.700 bits per heavy atom. The molecule has 3 rings (SSSR count). The molecule has 0 atom stereocenters. The lowest BCUT2D eigenvalue weighted by atomic mass is 10.2. The number of hydrogen-bond acceptors (Lipinski definition) is 2. The quantitative estimate of drug-likeness (QED) is 0.664. The van der Waals surface area contributed by atoms with E-state index in [4.69, 9.17) is 23.2 Å². The van der Waals surface area contributed by atoms with Crippen molar-refractivity contribution in [3.63, 3.8) is 0 Å². The van der Waals surface area contributed by atoms with Gasteiger partial charge in [-0.25, -0.2) is 9.98 Å². The Morgan fingerprint density at radius 3 is 1.50 bits per heavy atom. The summed E-state index contributed by atoms with van der Waals surface area (Å²) in [7, 11) is 0. The van der Waals surface area contributed by atoms with Crippen molar-refractivity contribution in [2.45, 2.75) is 13.8 Å². The van der Waals surface area contributed by atoms with E-state index in [1.54, 1.807) is 0 Å². The van der Waals surface area contributed by atoms with Crippen LogP contribution in [0.2, 0.25) is 0 Å². The van der Waals surface area contributed by atoms with Crippen molar-refractivity contribution in [2.75, 3.05) is 0 Å². The Labute approximate surface area is 126 Å². The van der Waals surface area contributed by atoms with Gasteiger partial charge in [0.2, 0.25) is 0 Å². The maximum Gasteiger partial charge on any atom is 0.139 e. The van der Waals surface area contributed by atoms with Crippen molar-refractivity contribution in [3.05, 3.63) is 68.7 Å². The molecule has 0 aromatic heterocycles. The second-order valence-corrected chi connectivity index (χ2v) is 5.56. The Kier molecular flexibility index (Phi) is 3.36. The third-order valence-electron chi connectivity index (χ3n) is 3.19. The van der Waals surface area contributed by atoms with Crippen LogP contribution in [-0.4, -0.2) is 0 Å². The van der Waals surface area contributed by atoms with E-state index < -0.39 is 0 Å². The number of nitrogens with zero attached hydrogens (tertiary/aromatic N) is 2. The zero-order chi connectivity index (χ0) is 14.3. The molecule has 2 aromatic rings. The standard InChI is InChI=1S/C16H12Cl2N2/c1-9-3-5-13-11(7-9)15(17)20-14-6-4-10(2)8-12(14)16(18)19-13/h3-8H,1-2H3/b15-11-,16-12-,19-13-,19-16?,20-14-,20-15?. The molecule has 0 amide bonds. The summed E-state index contributed by atoms with van der Waals surface area (Å²) >= 11 is 12.7. The van der Waals surface area contributed by atoms with Crippen molar-refractivity contribution in [3.8, 4) is 0 Å². The SMILES string of the molecule is Cc1ccc2/c(c1)=C(Cl)\N=c1\ccc(C)c\c1=C(Cl)\N=2. The summed E-state index contributed by atoms with van der Waals surface area (Å²) < 4.78 is 0. The maximum absolute atomic E-state index is 6.35. The summed E-state index contributed by atoms with van der Waals surface area (Å²) in [6.07, 6.45) is 0. The summed E-state index contributed by atoms with van der Waals surface area (Å²) in [6.45, 7) is 4.01. The van der Waals surface area contributed by atoms with Crippen LogP contribution in [0.4, 0.5) is 0 Å². The monoisotopic (exact) mass is 302 g/mol. The number of rotatable bonds is 0. The number of benzene rings is 2. The molecule has 1 heterocycles. The van der Waals surface area contributed by atoms with Crippen LogP contribution in [-0.2, 0) is 0 Å². The van der Waals surface area contributed by atoms with E-state index in [1.807, 2.05) is 50.2 Å². The summed E-state index contributed by atoms with van der Waals surface area (Å²) in [6, 6.07) is 11.7. The molecule has 2 aromatic carbocycles. The minimum atomic E-state index is 0.432. The van der Waals surface area contributed by atoms with Crippen molar-refractivity contribution in [1.82, 2.24) is 0 Å². The molecule has 0 aliphatic carbocycles. The highest BCUT2D eigenvalue weighted by Gasteiger charge is 2.03. The Balaban J connectivity index is 2.55. The van der Waals surface area contributed by atoms with Gasteiger partial charge in [-0.1, -0.05) is 46.5 Å². The molecular formula is C16H12Cl2N2. The van der Waals surface area contributed by atoms with Crippen LogP contribution in [0.5, 0.6) is 0 Å². The Bertz CT molecular complexity index is 864. The number of halogens is 2. The van der Waals surface area contributed by atoms with Gasteiger partial charge in [0.05, 0.1) is 10.7 Å². The third kappa shape index (κ3) is 2.37. The van der Waals surface area contributed by atoms with Crippen LogP contribution in [0.25, 0.3) is 10.3 Å². The first-order valence-corrected chi connectivity index (χ1v) is 7.00. The molecule has 1 aliphatic rings. The summed E-state index contributed by atoms with van der Waals surface area (Å²) in [5, 5.41) is 3.94. The lowest BCUT2D eigenvalue weighted by Crippen LogP contribution is -2.33. The number of aryl methyl sites for hydroxylation is 2. The molecule has 2 nitrogen and oxygen atoms in total. The average molecular weight is 303 g/mol. The van der Waals surface area contributed by atoms with Gasteiger partial charge in [-0.2, -0.15) is 0 Å². The van der Waals surface area contributed by atoms with Gasteiger partial charge in [-0.3, -0.25) is 0 Å². The Morgan fingerprint density at radius 2 is 1.10 bits per heavy atom. The second-order valence-electron chi connectivity index (χ2n) is 4.85. The van der Waals surface area contributed by atoms with Crippen molar-refractivity contribution < 1.29 is 0 Å². The van der Waals surface area contributed by atoms with Crippen LogP contribution >= 0.6 is 23.2 Å². The Hall–Kier alpha value is -1.64. The van der Waals surface area contributed by atoms with Crippen molar-refractivity contribution in [2.24, 2.45) is 9.98 Å². The van der Waals surface area contributed by atoms with E-state index in [0.29, 0.717) is 10.3 Å². The highest BCUT2D eigenvalue weighted by Crippen LogP contribution is 2.05. The fourth-order valence-corrected chi connectivity index (χ4v) is 2.64. The highest BCUT2D eigenvalue weighted by molar-refractivity contribution is 6.45. The molecule has 100 valence electrons. The summed E-state index contributed by atoms with van der Waals surface area (Å²) in [5.41, 5.74) is 2.21. The van der Waals surface area contributed by atoms with E-state index in [9.17, 15) is 0 Å². The predicted octanol–water partition coefficient (Wildman–Crippen LogP) is 1.87. The van der Waals surface area contributed by atoms with E-state index in [1.165, 1.54) is 0 Å². The largest absolute Gasteiger partial charge is 0.235 e. The predicted molar refractivity (Wildman–Crippen MR) is 82.4 cm³/mol. The van der Waals surface area contributed by atoms with Gasteiger partial charge in [0.1, 0.15) is 10.3 Å². The van der Waals surface area contributed by atoms with Crippen LogP contribution in [0.3, 0.4) is 0 Å². The van der Waals surface area contributed by atoms with E-state index in [2.05, 4.69) is 9.98 Å².